The maximum Gasteiger partial charge on any atom is 0.193 e. The molecule has 2 aromatic rings. The molecule has 0 atom stereocenters. The van der Waals surface area contributed by atoms with Crippen molar-refractivity contribution in [3.05, 3.63) is 59.9 Å². The molecule has 0 unspecified atom stereocenters. The summed E-state index contributed by atoms with van der Waals surface area (Å²) in [6, 6.07) is 14.3. The number of nitrogens with two attached hydrogens (primary N) is 1. The number of ether oxygens (including phenoxy) is 1. The van der Waals surface area contributed by atoms with Crippen molar-refractivity contribution in [1.29, 1.82) is 0 Å². The van der Waals surface area contributed by atoms with Gasteiger partial charge in [-0.25, -0.2) is 9.38 Å². The molecule has 4 nitrogen and oxygen atoms in total. The van der Waals surface area contributed by atoms with E-state index in [1.54, 1.807) is 6.07 Å². The molecule has 0 bridgehead atoms. The van der Waals surface area contributed by atoms with Crippen LogP contribution >= 0.6 is 0 Å². The number of rotatable bonds is 4. The van der Waals surface area contributed by atoms with Crippen LogP contribution in [0.2, 0.25) is 0 Å². The Morgan fingerprint density at radius 3 is 2.65 bits per heavy atom. The van der Waals surface area contributed by atoms with E-state index in [-0.39, 0.29) is 11.7 Å². The fourth-order valence-corrected chi connectivity index (χ4v) is 1.69. The predicted molar refractivity (Wildman–Crippen MR) is 78.3 cm³/mol. The number of methoxy groups -OCH3 is 1. The number of hydrogen-bond acceptors (Lipinski definition) is 2. The molecule has 104 valence electrons. The summed E-state index contributed by atoms with van der Waals surface area (Å²) in [6.45, 7) is 0.471. The predicted octanol–water partition coefficient (Wildman–Crippen LogP) is 2.76. The lowest BCUT2D eigenvalue weighted by Crippen LogP contribution is -2.22. The molecule has 2 aromatic carbocycles. The molecule has 2 rings (SSSR count). The number of anilines is 1. The summed E-state index contributed by atoms with van der Waals surface area (Å²) in [4.78, 5) is 4.19. The van der Waals surface area contributed by atoms with E-state index in [0.717, 1.165) is 5.56 Å². The van der Waals surface area contributed by atoms with Gasteiger partial charge in [0.1, 0.15) is 0 Å². The fourth-order valence-electron chi connectivity index (χ4n) is 1.69. The van der Waals surface area contributed by atoms with Crippen LogP contribution in [0.3, 0.4) is 0 Å². The maximum absolute atomic E-state index is 13.5. The lowest BCUT2D eigenvalue weighted by molar-refractivity contribution is 0.387. The third-order valence-corrected chi connectivity index (χ3v) is 2.70. The molecule has 0 aliphatic rings. The third-order valence-electron chi connectivity index (χ3n) is 2.70. The molecule has 0 saturated heterocycles. The van der Waals surface area contributed by atoms with Crippen LogP contribution in [-0.4, -0.2) is 13.1 Å². The van der Waals surface area contributed by atoms with Gasteiger partial charge in [-0.3, -0.25) is 0 Å². The topological polar surface area (TPSA) is 59.6 Å². The molecule has 0 heterocycles. The zero-order chi connectivity index (χ0) is 14.4. The molecule has 0 radical (unpaired) electrons. The third kappa shape index (κ3) is 3.71. The SMILES string of the molecule is COc1ccc(NC(N)=NCc2ccccc2)cc1F. The van der Waals surface area contributed by atoms with Crippen molar-refractivity contribution in [2.24, 2.45) is 10.7 Å². The highest BCUT2D eigenvalue weighted by Gasteiger charge is 2.03. The summed E-state index contributed by atoms with van der Waals surface area (Å²) in [5.41, 5.74) is 7.34. The molecule has 0 aliphatic carbocycles. The second-order valence-electron chi connectivity index (χ2n) is 4.16. The second kappa shape index (κ2) is 6.56. The molecular weight excluding hydrogens is 257 g/mol. The van der Waals surface area contributed by atoms with Gasteiger partial charge in [-0.2, -0.15) is 0 Å². The van der Waals surface area contributed by atoms with Gasteiger partial charge >= 0.3 is 0 Å². The van der Waals surface area contributed by atoms with E-state index >= 15 is 0 Å². The number of nitrogens with zero attached hydrogens (tertiary/aromatic N) is 1. The Kier molecular flexibility index (Phi) is 4.55. The van der Waals surface area contributed by atoms with Crippen molar-refractivity contribution < 1.29 is 9.13 Å². The molecule has 3 N–H and O–H groups in total. The smallest absolute Gasteiger partial charge is 0.193 e. The van der Waals surface area contributed by atoms with Crippen molar-refractivity contribution in [3.63, 3.8) is 0 Å². The highest BCUT2D eigenvalue weighted by molar-refractivity contribution is 5.92. The number of nitrogens with one attached hydrogen (secondary N) is 1. The summed E-state index contributed by atoms with van der Waals surface area (Å²) in [5.74, 6) is -0.0258. The van der Waals surface area contributed by atoms with Crippen molar-refractivity contribution in [1.82, 2.24) is 0 Å². The number of benzene rings is 2. The van der Waals surface area contributed by atoms with E-state index in [0.29, 0.717) is 12.2 Å². The summed E-state index contributed by atoms with van der Waals surface area (Å²) >= 11 is 0. The van der Waals surface area contributed by atoms with Crippen LogP contribution in [0.15, 0.2) is 53.5 Å². The van der Waals surface area contributed by atoms with Crippen LogP contribution in [0.5, 0.6) is 5.75 Å². The molecule has 0 amide bonds. The Balaban J connectivity index is 2.00. The molecule has 0 spiro atoms. The first kappa shape index (κ1) is 13.9. The molecule has 20 heavy (non-hydrogen) atoms. The summed E-state index contributed by atoms with van der Waals surface area (Å²) in [5, 5.41) is 2.84. The molecule has 0 aliphatic heterocycles. The maximum atomic E-state index is 13.5. The van der Waals surface area contributed by atoms with Crippen LogP contribution < -0.4 is 15.8 Å². The van der Waals surface area contributed by atoms with E-state index < -0.39 is 5.82 Å². The van der Waals surface area contributed by atoms with Crippen LogP contribution in [0.4, 0.5) is 10.1 Å². The van der Waals surface area contributed by atoms with Crippen LogP contribution in [0, 0.1) is 5.82 Å². The first-order valence-electron chi connectivity index (χ1n) is 6.13. The largest absolute Gasteiger partial charge is 0.494 e. The van der Waals surface area contributed by atoms with E-state index in [9.17, 15) is 4.39 Å². The van der Waals surface area contributed by atoms with Crippen molar-refractivity contribution in [3.8, 4) is 5.75 Å². The molecule has 0 aromatic heterocycles. The lowest BCUT2D eigenvalue weighted by atomic mass is 10.2. The van der Waals surface area contributed by atoms with Gasteiger partial charge in [0.25, 0.3) is 0 Å². The van der Waals surface area contributed by atoms with Crippen molar-refractivity contribution >= 4 is 11.6 Å². The number of guanidine groups is 1. The van der Waals surface area contributed by atoms with Crippen molar-refractivity contribution in [2.45, 2.75) is 6.54 Å². The van der Waals surface area contributed by atoms with Gasteiger partial charge < -0.3 is 15.8 Å². The Hall–Kier alpha value is -2.56. The quantitative estimate of drug-likeness (QED) is 0.665. The van der Waals surface area contributed by atoms with Gasteiger partial charge in [0.15, 0.2) is 17.5 Å². The monoisotopic (exact) mass is 273 g/mol. The molecule has 0 fully saturated rings. The van der Waals surface area contributed by atoms with Crippen LogP contribution in [0.1, 0.15) is 5.56 Å². The van der Waals surface area contributed by atoms with Gasteiger partial charge in [0.2, 0.25) is 0 Å². The summed E-state index contributed by atoms with van der Waals surface area (Å²) in [6.07, 6.45) is 0. The highest BCUT2D eigenvalue weighted by atomic mass is 19.1. The molecule has 5 heteroatoms. The van der Waals surface area contributed by atoms with Gasteiger partial charge in [0, 0.05) is 11.8 Å². The zero-order valence-electron chi connectivity index (χ0n) is 11.1. The van der Waals surface area contributed by atoms with Gasteiger partial charge in [-0.05, 0) is 17.7 Å². The minimum absolute atomic E-state index is 0.190. The van der Waals surface area contributed by atoms with E-state index in [2.05, 4.69) is 10.3 Å². The van der Waals surface area contributed by atoms with Crippen molar-refractivity contribution in [2.75, 3.05) is 12.4 Å². The lowest BCUT2D eigenvalue weighted by Gasteiger charge is -2.07. The number of aliphatic imine (C=N–C) groups is 1. The fraction of sp³-hybridized carbons (Fsp3) is 0.133. The standard InChI is InChI=1S/C15H16FN3O/c1-20-14-8-7-12(9-13(14)16)19-15(17)18-10-11-5-3-2-4-6-11/h2-9H,10H2,1H3,(H3,17,18,19). The summed E-state index contributed by atoms with van der Waals surface area (Å²) in [7, 11) is 1.42. The van der Waals surface area contributed by atoms with E-state index in [1.165, 1.54) is 19.2 Å². The van der Waals surface area contributed by atoms with Gasteiger partial charge in [-0.15, -0.1) is 0 Å². The first-order chi connectivity index (χ1) is 9.69. The average molecular weight is 273 g/mol. The van der Waals surface area contributed by atoms with E-state index in [1.807, 2.05) is 30.3 Å². The van der Waals surface area contributed by atoms with Gasteiger partial charge in [-0.1, -0.05) is 30.3 Å². The highest BCUT2D eigenvalue weighted by Crippen LogP contribution is 2.20. The second-order valence-corrected chi connectivity index (χ2v) is 4.16. The normalized spacial score (nSPS) is 11.2. The minimum Gasteiger partial charge on any atom is -0.494 e. The Labute approximate surface area is 117 Å². The van der Waals surface area contributed by atoms with Crippen LogP contribution in [-0.2, 0) is 6.54 Å². The number of hydrogen-bond donors (Lipinski definition) is 2. The average Bonchev–Trinajstić information content (AvgIpc) is 2.46. The van der Waals surface area contributed by atoms with Crippen LogP contribution in [0.25, 0.3) is 0 Å². The Bertz CT molecular complexity index is 599. The van der Waals surface area contributed by atoms with Gasteiger partial charge in [0.05, 0.1) is 13.7 Å². The van der Waals surface area contributed by atoms with E-state index in [4.69, 9.17) is 10.5 Å². The Morgan fingerprint density at radius 2 is 2.00 bits per heavy atom. The number of halogens is 1. The Morgan fingerprint density at radius 1 is 1.25 bits per heavy atom. The minimum atomic E-state index is -0.451. The molecule has 0 saturated carbocycles. The molecular formula is C15H16FN3O. The zero-order valence-corrected chi connectivity index (χ0v) is 11.1. The summed E-state index contributed by atoms with van der Waals surface area (Å²) < 4.78 is 18.4. The first-order valence-corrected chi connectivity index (χ1v) is 6.13.